The van der Waals surface area contributed by atoms with Gasteiger partial charge in [0.2, 0.25) is 11.8 Å². The van der Waals surface area contributed by atoms with E-state index in [0.717, 1.165) is 33.6 Å². The van der Waals surface area contributed by atoms with Crippen LogP contribution < -0.4 is 20.1 Å². The third-order valence-corrected chi connectivity index (χ3v) is 14.1. The van der Waals surface area contributed by atoms with E-state index in [1.165, 1.54) is 66.8 Å². The molecular formula is C56H34N6O2. The van der Waals surface area contributed by atoms with Crippen molar-refractivity contribution >= 4 is 45.1 Å². The molecule has 10 aromatic rings. The van der Waals surface area contributed by atoms with Crippen molar-refractivity contribution in [1.82, 2.24) is 19.9 Å². The van der Waals surface area contributed by atoms with Crippen LogP contribution in [0.25, 0.3) is 22.1 Å². The monoisotopic (exact) mass is 822 g/mol. The summed E-state index contributed by atoms with van der Waals surface area (Å²) in [7, 11) is 0. The Balaban J connectivity index is 0.885. The molecule has 2 N–H and O–H groups in total. The summed E-state index contributed by atoms with van der Waals surface area (Å²) in [6, 6.07) is 60.2. The fraction of sp³-hybridized carbons (Fsp3) is 0.0714. The van der Waals surface area contributed by atoms with Crippen molar-refractivity contribution in [3.63, 3.8) is 0 Å². The van der Waals surface area contributed by atoms with Gasteiger partial charge in [0.1, 0.15) is 23.1 Å². The zero-order valence-corrected chi connectivity index (χ0v) is 34.1. The van der Waals surface area contributed by atoms with Crippen LogP contribution in [0.3, 0.4) is 0 Å². The van der Waals surface area contributed by atoms with Gasteiger partial charge in [0.15, 0.2) is 11.3 Å². The minimum atomic E-state index is -0.000659. The van der Waals surface area contributed by atoms with Crippen molar-refractivity contribution in [2.75, 3.05) is 10.6 Å². The Morgan fingerprint density at radius 2 is 0.672 bits per heavy atom. The van der Waals surface area contributed by atoms with Crippen molar-refractivity contribution in [2.24, 2.45) is 0 Å². The topological polar surface area (TPSA) is 94.1 Å². The molecule has 0 radical (unpaired) electrons. The molecule has 7 aliphatic rings. The first-order chi connectivity index (χ1) is 31.6. The number of nitrogens with one attached hydrogen (secondary N) is 2. The van der Waals surface area contributed by atoms with Crippen molar-refractivity contribution < 1.29 is 9.47 Å². The van der Waals surface area contributed by atoms with Gasteiger partial charge in [-0.3, -0.25) is 0 Å². The van der Waals surface area contributed by atoms with Crippen molar-refractivity contribution in [2.45, 2.75) is 23.7 Å². The molecule has 64 heavy (non-hydrogen) atoms. The molecule has 0 fully saturated rings. The molecule has 300 valence electrons. The Bertz CT molecular complexity index is 3270. The normalized spacial score (nSPS) is 18.5. The van der Waals surface area contributed by atoms with E-state index < -0.39 is 0 Å². The molecule has 4 aromatic heterocycles. The van der Waals surface area contributed by atoms with E-state index in [1.807, 2.05) is 36.4 Å². The maximum Gasteiger partial charge on any atom is 0.221 e. The number of hydrogen-bond acceptors (Lipinski definition) is 8. The Kier molecular flexibility index (Phi) is 6.75. The van der Waals surface area contributed by atoms with Gasteiger partial charge in [-0.15, -0.1) is 0 Å². The highest BCUT2D eigenvalue weighted by Crippen LogP contribution is 2.58. The zero-order chi connectivity index (χ0) is 41.6. The Hall–Kier alpha value is -8.36. The molecule has 8 heteroatoms. The minimum Gasteiger partial charge on any atom is -0.439 e. The summed E-state index contributed by atoms with van der Waals surface area (Å²) in [5.41, 5.74) is 18.8. The number of benzene rings is 6. The molecule has 8 nitrogen and oxygen atoms in total. The molecule has 0 atom stereocenters. The van der Waals surface area contributed by atoms with E-state index in [-0.39, 0.29) is 23.7 Å². The lowest BCUT2D eigenvalue weighted by atomic mass is 9.61. The van der Waals surface area contributed by atoms with Crippen LogP contribution in [-0.4, -0.2) is 19.9 Å². The summed E-state index contributed by atoms with van der Waals surface area (Å²) in [5.74, 6) is 4.16. The molecule has 0 spiro atoms. The second-order valence-corrected chi connectivity index (χ2v) is 17.5. The number of anilines is 4. The fourth-order valence-corrected chi connectivity index (χ4v) is 11.4. The minimum absolute atomic E-state index is 0.000659. The van der Waals surface area contributed by atoms with Crippen molar-refractivity contribution in [1.29, 1.82) is 0 Å². The van der Waals surface area contributed by atoms with Crippen LogP contribution in [0.15, 0.2) is 170 Å². The summed E-state index contributed by atoms with van der Waals surface area (Å²) in [4.78, 5) is 19.9. The van der Waals surface area contributed by atoms with Crippen molar-refractivity contribution in [3.05, 3.63) is 237 Å². The summed E-state index contributed by atoms with van der Waals surface area (Å²) < 4.78 is 13.2. The predicted octanol–water partition coefficient (Wildman–Crippen LogP) is 12.9. The number of aromatic nitrogens is 4. The lowest BCUT2D eigenvalue weighted by molar-refractivity contribution is 0.462. The number of fused-ring (bicyclic) bond motifs is 8. The maximum atomic E-state index is 6.58. The Labute approximate surface area is 367 Å². The molecule has 0 unspecified atom stereocenters. The fourth-order valence-electron chi connectivity index (χ4n) is 11.4. The number of ether oxygens (including phenoxy) is 2. The quantitative estimate of drug-likeness (QED) is 0.156. The number of hydrogen-bond donors (Lipinski definition) is 2. The zero-order valence-electron chi connectivity index (χ0n) is 34.1. The van der Waals surface area contributed by atoms with Gasteiger partial charge in [0.25, 0.3) is 0 Å². The van der Waals surface area contributed by atoms with Crippen LogP contribution in [0.5, 0.6) is 23.3 Å². The average molecular weight is 823 g/mol. The highest BCUT2D eigenvalue weighted by molar-refractivity contribution is 5.81. The van der Waals surface area contributed by atoms with Crippen LogP contribution >= 0.6 is 0 Å². The first-order valence-electron chi connectivity index (χ1n) is 21.8. The summed E-state index contributed by atoms with van der Waals surface area (Å²) >= 11 is 0. The van der Waals surface area contributed by atoms with Gasteiger partial charge >= 0.3 is 0 Å². The van der Waals surface area contributed by atoms with Gasteiger partial charge < -0.3 is 20.1 Å². The lowest BCUT2D eigenvalue weighted by Crippen LogP contribution is -2.27. The van der Waals surface area contributed by atoms with Gasteiger partial charge in [0, 0.05) is 58.0 Å². The molecule has 6 aromatic carbocycles. The van der Waals surface area contributed by atoms with E-state index in [1.54, 1.807) is 0 Å². The lowest BCUT2D eigenvalue weighted by Gasteiger charge is -2.42. The Morgan fingerprint density at radius 3 is 1.11 bits per heavy atom. The van der Waals surface area contributed by atoms with Gasteiger partial charge in [-0.05, 0) is 152 Å². The third kappa shape index (κ3) is 4.93. The summed E-state index contributed by atoms with van der Waals surface area (Å²) in [6.45, 7) is 0. The molecular weight excluding hydrogens is 789 g/mol. The van der Waals surface area contributed by atoms with Crippen LogP contribution in [0.1, 0.15) is 90.4 Å². The third-order valence-electron chi connectivity index (χ3n) is 14.1. The second kappa shape index (κ2) is 12.6. The maximum absolute atomic E-state index is 6.58. The van der Waals surface area contributed by atoms with E-state index in [2.05, 4.69) is 144 Å². The van der Waals surface area contributed by atoms with Crippen LogP contribution in [0.2, 0.25) is 0 Å². The SMILES string of the molecule is c1ccc2c(c1)C1c3ccc4cc3C2c2cc(ccc21)Nc1ccc2ccc(nc2n1)Oc1ccc2c(c1)C1c3ccccc3C2c2ccc(cc21)Oc1ccc2ccc(nc2n1)N4. The molecule has 0 saturated carbocycles. The van der Waals surface area contributed by atoms with Gasteiger partial charge in [-0.2, -0.15) is 9.97 Å². The molecule has 0 amide bonds. The van der Waals surface area contributed by atoms with Gasteiger partial charge in [-0.25, -0.2) is 9.97 Å². The first-order valence-corrected chi connectivity index (χ1v) is 21.8. The number of rotatable bonds is 0. The van der Waals surface area contributed by atoms with E-state index in [4.69, 9.17) is 29.4 Å². The smallest absolute Gasteiger partial charge is 0.221 e. The van der Waals surface area contributed by atoms with E-state index >= 15 is 0 Å². The molecule has 17 rings (SSSR count). The molecule has 18 bridgehead atoms. The first kappa shape index (κ1) is 34.3. The predicted molar refractivity (Wildman–Crippen MR) is 248 cm³/mol. The van der Waals surface area contributed by atoms with Crippen LogP contribution in [0.4, 0.5) is 23.0 Å². The van der Waals surface area contributed by atoms with Gasteiger partial charge in [0.05, 0.1) is 0 Å². The van der Waals surface area contributed by atoms with E-state index in [9.17, 15) is 0 Å². The highest BCUT2D eigenvalue weighted by Gasteiger charge is 2.43. The largest absolute Gasteiger partial charge is 0.439 e. The number of pyridine rings is 4. The molecule has 0 saturated heterocycles. The second-order valence-electron chi connectivity index (χ2n) is 17.5. The summed E-state index contributed by atoms with van der Waals surface area (Å²) in [6.07, 6.45) is 0. The average Bonchev–Trinajstić information content (AvgIpc) is 3.33. The highest BCUT2D eigenvalue weighted by atomic mass is 16.5. The standard InChI is InChI=1S/C56H34N6O2/c1-3-7-37-35(5-1)51-39-17-13-31-25-43(39)53(37)44-26-32(14-18-40(44)51)58-48-22-10-30-12-24-50(62-56(30)60-48)64-34-16-20-42-46(28-34)54-38-8-4-2-6-36(38)52(42)41-19-15-33(27-45(41)54)63-49-23-11-29-9-21-47(57-31)59-55(29)61-49/h1-28,51-54H,(H,57,59,61)(H,58,60,62). The molecule has 5 heterocycles. The Morgan fingerprint density at radius 1 is 0.312 bits per heavy atom. The molecule has 6 aliphatic carbocycles. The van der Waals surface area contributed by atoms with E-state index in [0.29, 0.717) is 34.7 Å². The van der Waals surface area contributed by atoms with Crippen molar-refractivity contribution in [3.8, 4) is 23.3 Å². The summed E-state index contributed by atoms with van der Waals surface area (Å²) in [5, 5.41) is 9.12. The van der Waals surface area contributed by atoms with Gasteiger partial charge in [-0.1, -0.05) is 72.8 Å². The molecule has 1 aliphatic heterocycles. The van der Waals surface area contributed by atoms with Crippen LogP contribution in [0, 0.1) is 0 Å². The van der Waals surface area contributed by atoms with Crippen LogP contribution in [-0.2, 0) is 0 Å². The number of nitrogens with zero attached hydrogens (tertiary/aromatic N) is 4.